The van der Waals surface area contributed by atoms with Gasteiger partial charge in [-0.15, -0.1) is 0 Å². The second-order valence-electron chi connectivity index (χ2n) is 13.0. The molecule has 1 unspecified atom stereocenters. The molecule has 0 aromatic rings. The summed E-state index contributed by atoms with van der Waals surface area (Å²) in [7, 11) is 0. The van der Waals surface area contributed by atoms with Crippen LogP contribution in [0.3, 0.4) is 0 Å². The first-order valence-corrected chi connectivity index (χ1v) is 19.2. The van der Waals surface area contributed by atoms with Gasteiger partial charge in [0.2, 0.25) is 23.6 Å². The molecule has 0 spiro atoms. The SMILES string of the molecule is CC(=O)COCCOCCNC(=O)COCCOCCNC(=O)C(C)NC(=O)[C@H](C)NC(=O)CCCCCCCCCCCCCCCCC(=O)O. The Bertz CT molecular complexity index is 983. The van der Waals surface area contributed by atoms with Gasteiger partial charge in [-0.3, -0.25) is 28.8 Å². The number of aliphatic carboxylic acids is 1. The Kier molecular flexibility index (Phi) is 32.8. The fourth-order valence-electron chi connectivity index (χ4n) is 5.00. The van der Waals surface area contributed by atoms with E-state index >= 15 is 0 Å². The summed E-state index contributed by atoms with van der Waals surface area (Å²) in [4.78, 5) is 70.1. The molecule has 0 radical (unpaired) electrons. The van der Waals surface area contributed by atoms with Crippen LogP contribution < -0.4 is 21.3 Å². The van der Waals surface area contributed by atoms with Crippen LogP contribution in [0.1, 0.15) is 124 Å². The van der Waals surface area contributed by atoms with Crippen LogP contribution in [-0.2, 0) is 47.7 Å². The molecule has 15 nitrogen and oxygen atoms in total. The minimum absolute atomic E-state index is 0.0505. The highest BCUT2D eigenvalue weighted by Gasteiger charge is 2.20. The van der Waals surface area contributed by atoms with E-state index in [0.717, 1.165) is 44.9 Å². The summed E-state index contributed by atoms with van der Waals surface area (Å²) >= 11 is 0. The summed E-state index contributed by atoms with van der Waals surface area (Å²) in [5.74, 6) is -2.04. The number of nitrogens with one attached hydrogen (secondary N) is 4. The first kappa shape index (κ1) is 48.9. The summed E-state index contributed by atoms with van der Waals surface area (Å²) in [6, 6.07) is -1.55. The number of unbranched alkanes of at least 4 members (excludes halogenated alkanes) is 13. The van der Waals surface area contributed by atoms with Crippen LogP contribution in [-0.4, -0.2) is 119 Å². The Hall–Kier alpha value is -3.14. The number of rotatable bonds is 37. The molecule has 302 valence electrons. The molecular weight excluding hydrogens is 676 g/mol. The lowest BCUT2D eigenvalue weighted by molar-refractivity contribution is -0.137. The molecule has 0 aliphatic heterocycles. The minimum atomic E-state index is -0.791. The average molecular weight is 745 g/mol. The van der Waals surface area contributed by atoms with Crippen LogP contribution in [0.15, 0.2) is 0 Å². The van der Waals surface area contributed by atoms with E-state index in [2.05, 4.69) is 21.3 Å². The van der Waals surface area contributed by atoms with Gasteiger partial charge in [0.15, 0.2) is 5.78 Å². The van der Waals surface area contributed by atoms with E-state index in [0.29, 0.717) is 32.8 Å². The summed E-state index contributed by atoms with van der Waals surface area (Å²) < 4.78 is 21.0. The highest BCUT2D eigenvalue weighted by molar-refractivity contribution is 5.91. The topological polar surface area (TPSA) is 208 Å². The van der Waals surface area contributed by atoms with Crippen LogP contribution >= 0.6 is 0 Å². The highest BCUT2D eigenvalue weighted by atomic mass is 16.5. The second-order valence-corrected chi connectivity index (χ2v) is 13.0. The minimum Gasteiger partial charge on any atom is -0.481 e. The van der Waals surface area contributed by atoms with Crippen molar-refractivity contribution in [3.05, 3.63) is 0 Å². The number of carbonyl (C=O) groups is 6. The monoisotopic (exact) mass is 744 g/mol. The van der Waals surface area contributed by atoms with E-state index in [4.69, 9.17) is 24.1 Å². The molecule has 0 bridgehead atoms. The van der Waals surface area contributed by atoms with Crippen molar-refractivity contribution in [1.82, 2.24) is 21.3 Å². The third kappa shape index (κ3) is 34.0. The molecule has 0 heterocycles. The van der Waals surface area contributed by atoms with E-state index in [1.165, 1.54) is 51.9 Å². The van der Waals surface area contributed by atoms with Crippen molar-refractivity contribution in [3.63, 3.8) is 0 Å². The van der Waals surface area contributed by atoms with Gasteiger partial charge in [-0.2, -0.15) is 0 Å². The normalized spacial score (nSPS) is 12.1. The third-order valence-corrected chi connectivity index (χ3v) is 7.96. The summed E-state index contributed by atoms with van der Waals surface area (Å²) in [5, 5.41) is 19.3. The zero-order chi connectivity index (χ0) is 38.7. The number of amides is 4. The Balaban J connectivity index is 3.67. The Morgan fingerprint density at radius 1 is 0.481 bits per heavy atom. The Labute approximate surface area is 310 Å². The molecule has 15 heteroatoms. The first-order chi connectivity index (χ1) is 25.0. The lowest BCUT2D eigenvalue weighted by Gasteiger charge is -2.18. The molecule has 5 N–H and O–H groups in total. The van der Waals surface area contributed by atoms with Gasteiger partial charge in [0.05, 0.1) is 39.6 Å². The molecule has 0 fully saturated rings. The van der Waals surface area contributed by atoms with Gasteiger partial charge in [-0.05, 0) is 33.6 Å². The molecular formula is C37H68N4O11. The summed E-state index contributed by atoms with van der Waals surface area (Å²) in [5.41, 5.74) is 0. The second kappa shape index (κ2) is 34.9. The summed E-state index contributed by atoms with van der Waals surface area (Å²) in [6.45, 7) is 6.70. The molecule has 0 aromatic heterocycles. The fourth-order valence-corrected chi connectivity index (χ4v) is 5.00. The van der Waals surface area contributed by atoms with E-state index in [-0.39, 0.29) is 69.5 Å². The first-order valence-electron chi connectivity index (χ1n) is 19.2. The van der Waals surface area contributed by atoms with Crippen molar-refractivity contribution >= 4 is 35.4 Å². The smallest absolute Gasteiger partial charge is 0.303 e. The number of carboxylic acid groups (broad SMARTS) is 1. The van der Waals surface area contributed by atoms with Crippen molar-refractivity contribution in [2.45, 2.75) is 136 Å². The number of ketones is 1. The third-order valence-electron chi connectivity index (χ3n) is 7.96. The Morgan fingerprint density at radius 3 is 1.40 bits per heavy atom. The van der Waals surface area contributed by atoms with Crippen molar-refractivity contribution in [2.24, 2.45) is 0 Å². The maximum Gasteiger partial charge on any atom is 0.303 e. The van der Waals surface area contributed by atoms with Crippen LogP contribution in [0.2, 0.25) is 0 Å². The van der Waals surface area contributed by atoms with Crippen LogP contribution in [0.5, 0.6) is 0 Å². The van der Waals surface area contributed by atoms with Gasteiger partial charge in [0.25, 0.3) is 0 Å². The van der Waals surface area contributed by atoms with E-state index in [1.807, 2.05) is 0 Å². The van der Waals surface area contributed by atoms with Crippen LogP contribution in [0.4, 0.5) is 0 Å². The standard InChI is InChI=1S/C37H68N4O11/c1-30(42)28-51-26-24-49-22-20-38-34(44)29-52-27-25-50-23-21-39-36(47)31(2)41-37(48)32(3)40-33(43)18-16-14-12-10-8-6-4-5-7-9-11-13-15-17-19-35(45)46/h31-32H,4-29H2,1-3H3,(H,38,44)(H,39,47)(H,40,43)(H,41,48)(H,45,46)/t31?,32-/m0/s1. The number of carboxylic acids is 1. The molecule has 0 saturated carbocycles. The average Bonchev–Trinajstić information content (AvgIpc) is 3.09. The fraction of sp³-hybridized carbons (Fsp3) is 0.838. The molecule has 2 atom stereocenters. The van der Waals surface area contributed by atoms with Gasteiger partial charge in [-0.1, -0.05) is 77.0 Å². The number of ether oxygens (including phenoxy) is 4. The number of Topliss-reactive ketones (excluding diaryl/α,β-unsaturated/α-hetero) is 1. The maximum atomic E-state index is 12.5. The van der Waals surface area contributed by atoms with Crippen molar-refractivity contribution in [2.75, 3.05) is 65.9 Å². The predicted octanol–water partition coefficient (Wildman–Crippen LogP) is 3.21. The van der Waals surface area contributed by atoms with Gasteiger partial charge in [0, 0.05) is 25.9 Å². The quantitative estimate of drug-likeness (QED) is 0.0584. The lowest BCUT2D eigenvalue weighted by atomic mass is 10.0. The zero-order valence-electron chi connectivity index (χ0n) is 32.1. The maximum absolute atomic E-state index is 12.5. The molecule has 0 aliphatic rings. The highest BCUT2D eigenvalue weighted by Crippen LogP contribution is 2.14. The molecule has 0 aromatic carbocycles. The molecule has 0 rings (SSSR count). The molecule has 0 saturated heterocycles. The predicted molar refractivity (Wildman–Crippen MR) is 197 cm³/mol. The number of carbonyl (C=O) groups excluding carboxylic acids is 5. The van der Waals surface area contributed by atoms with Crippen molar-refractivity contribution in [1.29, 1.82) is 0 Å². The molecule has 0 aliphatic carbocycles. The largest absolute Gasteiger partial charge is 0.481 e. The van der Waals surface area contributed by atoms with Gasteiger partial charge in [0.1, 0.15) is 25.3 Å². The van der Waals surface area contributed by atoms with Crippen molar-refractivity contribution < 1.29 is 52.8 Å². The van der Waals surface area contributed by atoms with E-state index < -0.39 is 24.0 Å². The van der Waals surface area contributed by atoms with Crippen LogP contribution in [0, 0.1) is 0 Å². The van der Waals surface area contributed by atoms with E-state index in [1.54, 1.807) is 13.8 Å². The van der Waals surface area contributed by atoms with Gasteiger partial charge < -0.3 is 45.3 Å². The molecule has 52 heavy (non-hydrogen) atoms. The van der Waals surface area contributed by atoms with Gasteiger partial charge >= 0.3 is 5.97 Å². The molecule has 4 amide bonds. The van der Waals surface area contributed by atoms with Crippen molar-refractivity contribution in [3.8, 4) is 0 Å². The van der Waals surface area contributed by atoms with Crippen LogP contribution in [0.25, 0.3) is 0 Å². The number of hydrogen-bond acceptors (Lipinski definition) is 10. The van der Waals surface area contributed by atoms with Gasteiger partial charge in [-0.25, -0.2) is 0 Å². The number of hydrogen-bond donors (Lipinski definition) is 5. The van der Waals surface area contributed by atoms with E-state index in [9.17, 15) is 28.8 Å². The lowest BCUT2D eigenvalue weighted by Crippen LogP contribution is -2.51. The summed E-state index contributed by atoms with van der Waals surface area (Å²) in [6.07, 6.45) is 16.2. The Morgan fingerprint density at radius 2 is 0.904 bits per heavy atom. The zero-order valence-corrected chi connectivity index (χ0v) is 32.1.